The quantitative estimate of drug-likeness (QED) is 0.874. The number of carbonyl (C=O) groups excluding carboxylic acids is 1. The molecule has 0 radical (unpaired) electrons. The summed E-state index contributed by atoms with van der Waals surface area (Å²) in [5.74, 6) is 0.358. The molecule has 1 amide bonds. The molecule has 1 N–H and O–H groups in total. The number of aryl methyl sites for hydroxylation is 2. The second-order valence-corrected chi connectivity index (χ2v) is 7.37. The van der Waals surface area contributed by atoms with Gasteiger partial charge in [-0.05, 0) is 62.4 Å². The number of hydrogen-bond acceptors (Lipinski definition) is 4. The number of rotatable bonds is 4. The Morgan fingerprint density at radius 1 is 1.46 bits per heavy atom. The number of anilines is 1. The van der Waals surface area contributed by atoms with Gasteiger partial charge in [0, 0.05) is 9.90 Å². The fourth-order valence-electron chi connectivity index (χ4n) is 2.81. The third-order valence-corrected chi connectivity index (χ3v) is 5.52. The molecule has 1 aliphatic rings. The Balaban J connectivity index is 1.72. The zero-order valence-corrected chi connectivity index (χ0v) is 15.1. The van der Waals surface area contributed by atoms with E-state index in [9.17, 15) is 10.1 Å². The van der Waals surface area contributed by atoms with Crippen LogP contribution in [-0.4, -0.2) is 12.0 Å². The van der Waals surface area contributed by atoms with E-state index in [0.29, 0.717) is 21.3 Å². The van der Waals surface area contributed by atoms with Gasteiger partial charge in [0.2, 0.25) is 0 Å². The summed E-state index contributed by atoms with van der Waals surface area (Å²) < 4.78 is 5.74. The van der Waals surface area contributed by atoms with Crippen LogP contribution in [-0.2, 0) is 17.6 Å². The molecule has 0 aliphatic heterocycles. The lowest BCUT2D eigenvalue weighted by molar-refractivity contribution is -0.122. The fraction of sp³-hybridized carbons (Fsp3) is 0.333. The van der Waals surface area contributed by atoms with E-state index >= 15 is 0 Å². The largest absolute Gasteiger partial charge is 0.481 e. The first kappa shape index (κ1) is 16.8. The molecule has 1 atom stereocenters. The monoisotopic (exact) mass is 360 g/mol. The average Bonchev–Trinajstić information content (AvgIpc) is 3.10. The van der Waals surface area contributed by atoms with Crippen molar-refractivity contribution >= 4 is 33.8 Å². The lowest BCUT2D eigenvalue weighted by Gasteiger charge is -2.16. The predicted molar refractivity (Wildman–Crippen MR) is 96.0 cm³/mol. The maximum absolute atomic E-state index is 12.4. The summed E-state index contributed by atoms with van der Waals surface area (Å²) in [6.07, 6.45) is 2.31. The molecule has 1 heterocycles. The van der Waals surface area contributed by atoms with Crippen LogP contribution < -0.4 is 10.1 Å². The van der Waals surface area contributed by atoms with Crippen molar-refractivity contribution in [3.8, 4) is 11.8 Å². The van der Waals surface area contributed by atoms with E-state index in [1.54, 1.807) is 25.1 Å². The summed E-state index contributed by atoms with van der Waals surface area (Å²) in [4.78, 5) is 13.6. The highest BCUT2D eigenvalue weighted by atomic mass is 35.5. The maximum atomic E-state index is 12.4. The topological polar surface area (TPSA) is 62.1 Å². The summed E-state index contributed by atoms with van der Waals surface area (Å²) in [6, 6.07) is 7.50. The summed E-state index contributed by atoms with van der Waals surface area (Å²) in [5.41, 5.74) is 2.57. The smallest absolute Gasteiger partial charge is 0.265 e. The number of thiophene rings is 1. The molecule has 4 nitrogen and oxygen atoms in total. The van der Waals surface area contributed by atoms with Crippen LogP contribution in [0.3, 0.4) is 0 Å². The van der Waals surface area contributed by atoms with Crippen LogP contribution in [0.5, 0.6) is 5.75 Å². The summed E-state index contributed by atoms with van der Waals surface area (Å²) in [7, 11) is 0. The fourth-order valence-corrected chi connectivity index (χ4v) is 4.28. The summed E-state index contributed by atoms with van der Waals surface area (Å²) >= 11 is 7.43. The van der Waals surface area contributed by atoms with Gasteiger partial charge in [-0.25, -0.2) is 0 Å². The molecule has 0 bridgehead atoms. The van der Waals surface area contributed by atoms with Gasteiger partial charge < -0.3 is 10.1 Å². The van der Waals surface area contributed by atoms with Crippen molar-refractivity contribution in [1.82, 2.24) is 0 Å². The zero-order chi connectivity index (χ0) is 17.3. The van der Waals surface area contributed by atoms with Crippen molar-refractivity contribution in [1.29, 1.82) is 5.26 Å². The van der Waals surface area contributed by atoms with E-state index in [0.717, 1.165) is 30.4 Å². The highest BCUT2D eigenvalue weighted by molar-refractivity contribution is 7.16. The van der Waals surface area contributed by atoms with E-state index in [2.05, 4.69) is 11.4 Å². The third-order valence-electron chi connectivity index (χ3n) is 4.08. The molecule has 2 aromatic rings. The Hall–Kier alpha value is -2.03. The highest BCUT2D eigenvalue weighted by Gasteiger charge is 2.25. The van der Waals surface area contributed by atoms with Crippen LogP contribution in [0.15, 0.2) is 18.2 Å². The van der Waals surface area contributed by atoms with E-state index in [1.165, 1.54) is 16.2 Å². The third kappa shape index (κ3) is 3.26. The Bertz CT molecular complexity index is 838. The molecule has 0 saturated carbocycles. The van der Waals surface area contributed by atoms with Crippen molar-refractivity contribution in [3.63, 3.8) is 0 Å². The summed E-state index contributed by atoms with van der Waals surface area (Å²) in [6.45, 7) is 3.57. The minimum atomic E-state index is -0.673. The minimum Gasteiger partial charge on any atom is -0.481 e. The van der Waals surface area contributed by atoms with Crippen LogP contribution in [0, 0.1) is 18.3 Å². The van der Waals surface area contributed by atoms with Crippen molar-refractivity contribution in [3.05, 3.63) is 44.8 Å². The number of nitrogens with one attached hydrogen (secondary N) is 1. The van der Waals surface area contributed by atoms with Crippen molar-refractivity contribution in [2.24, 2.45) is 0 Å². The van der Waals surface area contributed by atoms with Crippen LogP contribution in [0.25, 0.3) is 0 Å². The Labute approximate surface area is 150 Å². The lowest BCUT2D eigenvalue weighted by Crippen LogP contribution is -2.30. The van der Waals surface area contributed by atoms with Gasteiger partial charge in [0.25, 0.3) is 5.91 Å². The number of carbonyl (C=O) groups is 1. The second kappa shape index (κ2) is 6.84. The normalized spacial score (nSPS) is 13.9. The van der Waals surface area contributed by atoms with E-state index in [1.807, 2.05) is 6.92 Å². The standard InChI is InChI=1S/C18H17ClN2O2S/c1-10-8-12(19)6-7-15(10)23-11(2)17(22)21-18-14(9-20)13-4-3-5-16(13)24-18/h6-8,11H,3-5H2,1-2H3,(H,21,22)/t11-/m1/s1. The molecule has 124 valence electrons. The molecule has 0 saturated heterocycles. The molecule has 24 heavy (non-hydrogen) atoms. The molecule has 1 aliphatic carbocycles. The number of fused-ring (bicyclic) bond motifs is 1. The molecule has 0 fully saturated rings. The van der Waals surface area contributed by atoms with Crippen LogP contribution in [0.4, 0.5) is 5.00 Å². The van der Waals surface area contributed by atoms with Crippen LogP contribution in [0.2, 0.25) is 5.02 Å². The first-order valence-corrected chi connectivity index (χ1v) is 8.97. The van der Waals surface area contributed by atoms with Gasteiger partial charge in [-0.1, -0.05) is 11.6 Å². The Morgan fingerprint density at radius 2 is 2.25 bits per heavy atom. The van der Waals surface area contributed by atoms with Gasteiger partial charge in [-0.3, -0.25) is 4.79 Å². The number of ether oxygens (including phenoxy) is 1. The lowest BCUT2D eigenvalue weighted by atomic mass is 10.1. The van der Waals surface area contributed by atoms with Gasteiger partial charge in [0.1, 0.15) is 16.8 Å². The number of halogens is 1. The van der Waals surface area contributed by atoms with Crippen LogP contribution in [0.1, 0.15) is 34.9 Å². The Kier molecular flexibility index (Phi) is 4.79. The zero-order valence-electron chi connectivity index (χ0n) is 13.5. The SMILES string of the molecule is Cc1cc(Cl)ccc1O[C@H](C)C(=O)Nc1sc2c(c1C#N)CCC2. The van der Waals surface area contributed by atoms with Crippen LogP contribution >= 0.6 is 22.9 Å². The molecular formula is C18H17ClN2O2S. The van der Waals surface area contributed by atoms with E-state index in [-0.39, 0.29) is 5.91 Å². The van der Waals surface area contributed by atoms with Gasteiger partial charge in [-0.15, -0.1) is 11.3 Å². The van der Waals surface area contributed by atoms with E-state index in [4.69, 9.17) is 16.3 Å². The molecule has 1 aromatic heterocycles. The number of amides is 1. The van der Waals surface area contributed by atoms with Gasteiger partial charge in [0.15, 0.2) is 6.10 Å². The minimum absolute atomic E-state index is 0.263. The average molecular weight is 361 g/mol. The maximum Gasteiger partial charge on any atom is 0.265 e. The molecular weight excluding hydrogens is 344 g/mol. The van der Waals surface area contributed by atoms with Gasteiger partial charge in [-0.2, -0.15) is 5.26 Å². The van der Waals surface area contributed by atoms with Crippen molar-refractivity contribution < 1.29 is 9.53 Å². The number of nitriles is 1. The predicted octanol–water partition coefficient (Wildman–Crippen LogP) is 4.48. The number of nitrogens with zero attached hydrogens (tertiary/aromatic N) is 1. The summed E-state index contributed by atoms with van der Waals surface area (Å²) in [5, 5.41) is 13.5. The highest BCUT2D eigenvalue weighted by Crippen LogP contribution is 2.38. The first-order valence-electron chi connectivity index (χ1n) is 7.78. The molecule has 3 rings (SSSR count). The van der Waals surface area contributed by atoms with Gasteiger partial charge >= 0.3 is 0 Å². The second-order valence-electron chi connectivity index (χ2n) is 5.83. The first-order chi connectivity index (χ1) is 11.5. The van der Waals surface area contributed by atoms with Gasteiger partial charge in [0.05, 0.1) is 5.56 Å². The molecule has 0 spiro atoms. The molecule has 1 aromatic carbocycles. The van der Waals surface area contributed by atoms with Crippen molar-refractivity contribution in [2.75, 3.05) is 5.32 Å². The molecule has 0 unspecified atom stereocenters. The number of hydrogen-bond donors (Lipinski definition) is 1. The van der Waals surface area contributed by atoms with Crippen molar-refractivity contribution in [2.45, 2.75) is 39.2 Å². The number of benzene rings is 1. The molecule has 6 heteroatoms. The van der Waals surface area contributed by atoms with E-state index < -0.39 is 6.10 Å². The Morgan fingerprint density at radius 3 is 2.96 bits per heavy atom.